The minimum Gasteiger partial charge on any atom is -0.497 e. The van der Waals surface area contributed by atoms with Crippen molar-refractivity contribution < 1.29 is 22.7 Å². The van der Waals surface area contributed by atoms with E-state index in [0.717, 1.165) is 9.87 Å². The summed E-state index contributed by atoms with van der Waals surface area (Å²) in [7, 11) is -2.74. The lowest BCUT2D eigenvalue weighted by Gasteiger charge is -2.33. The molecule has 3 aromatic carbocycles. The Kier molecular flexibility index (Phi) is 11.7. The zero-order chi connectivity index (χ0) is 31.0. The first-order valence-electron chi connectivity index (χ1n) is 13.6. The van der Waals surface area contributed by atoms with Crippen LogP contribution in [0.2, 0.25) is 10.0 Å². The molecular weight excluding hydrogens is 597 g/mol. The topological polar surface area (TPSA) is 96.0 Å². The molecule has 0 saturated heterocycles. The quantitative estimate of drug-likeness (QED) is 0.246. The Morgan fingerprint density at radius 3 is 2.17 bits per heavy atom. The van der Waals surface area contributed by atoms with Gasteiger partial charge in [0.05, 0.1) is 17.7 Å². The van der Waals surface area contributed by atoms with Crippen molar-refractivity contribution in [3.05, 3.63) is 87.9 Å². The van der Waals surface area contributed by atoms with E-state index in [1.165, 1.54) is 24.1 Å². The lowest BCUT2D eigenvalue weighted by Crippen LogP contribution is -2.52. The molecule has 11 heteroatoms. The Labute approximate surface area is 258 Å². The van der Waals surface area contributed by atoms with Gasteiger partial charge in [-0.3, -0.25) is 13.9 Å². The molecule has 0 aromatic heterocycles. The molecule has 1 atom stereocenters. The Morgan fingerprint density at radius 1 is 0.976 bits per heavy atom. The third kappa shape index (κ3) is 8.18. The maximum absolute atomic E-state index is 14.2. The molecule has 0 aliphatic heterocycles. The molecule has 0 aliphatic rings. The summed E-state index contributed by atoms with van der Waals surface area (Å²) in [5, 5.41) is 3.55. The van der Waals surface area contributed by atoms with Crippen molar-refractivity contribution in [3.63, 3.8) is 0 Å². The number of methoxy groups -OCH3 is 1. The first kappa shape index (κ1) is 33.2. The number of rotatable bonds is 13. The molecule has 0 spiro atoms. The van der Waals surface area contributed by atoms with Crippen molar-refractivity contribution in [1.82, 2.24) is 10.2 Å². The SMILES string of the molecule is CC[C@H](C(=O)NCC(C)C)N(Cc1c(Cl)cccc1Cl)C(=O)CN(c1cccc(OC)c1)S(=O)(=O)c1ccc(C)cc1. The Hall–Kier alpha value is -3.27. The monoisotopic (exact) mass is 633 g/mol. The van der Waals surface area contributed by atoms with Crippen LogP contribution in [0.1, 0.15) is 38.3 Å². The molecular formula is C31H37Cl2N3O5S. The number of aryl methyl sites for hydroxylation is 1. The van der Waals surface area contributed by atoms with Crippen LogP contribution in [0.5, 0.6) is 5.75 Å². The summed E-state index contributed by atoms with van der Waals surface area (Å²) in [6.45, 7) is 7.32. The number of hydrogen-bond donors (Lipinski definition) is 1. The maximum atomic E-state index is 14.2. The molecule has 0 radical (unpaired) electrons. The Morgan fingerprint density at radius 2 is 1.60 bits per heavy atom. The molecule has 3 aromatic rings. The van der Waals surface area contributed by atoms with Crippen molar-refractivity contribution in [1.29, 1.82) is 0 Å². The maximum Gasteiger partial charge on any atom is 0.264 e. The second-order valence-corrected chi connectivity index (χ2v) is 13.0. The predicted octanol–water partition coefficient (Wildman–Crippen LogP) is 6.09. The number of anilines is 1. The number of nitrogens with zero attached hydrogens (tertiary/aromatic N) is 2. The van der Waals surface area contributed by atoms with Gasteiger partial charge in [-0.05, 0) is 55.7 Å². The van der Waals surface area contributed by atoms with E-state index in [1.807, 2.05) is 20.8 Å². The molecule has 0 aliphatic carbocycles. The molecule has 42 heavy (non-hydrogen) atoms. The number of hydrogen-bond acceptors (Lipinski definition) is 5. The molecule has 0 bridgehead atoms. The summed E-state index contributed by atoms with van der Waals surface area (Å²) in [6, 6.07) is 16.9. The van der Waals surface area contributed by atoms with Gasteiger partial charge in [-0.1, -0.05) is 73.8 Å². The first-order chi connectivity index (χ1) is 19.9. The minimum absolute atomic E-state index is 0.0196. The third-order valence-electron chi connectivity index (χ3n) is 6.69. The summed E-state index contributed by atoms with van der Waals surface area (Å²) in [4.78, 5) is 28.9. The lowest BCUT2D eigenvalue weighted by molar-refractivity contribution is -0.140. The molecule has 8 nitrogen and oxygen atoms in total. The van der Waals surface area contributed by atoms with Crippen LogP contribution in [0.3, 0.4) is 0 Å². The number of nitrogens with one attached hydrogen (secondary N) is 1. The van der Waals surface area contributed by atoms with Crippen molar-refractivity contribution in [2.45, 2.75) is 51.6 Å². The van der Waals surface area contributed by atoms with Gasteiger partial charge in [0, 0.05) is 34.8 Å². The van der Waals surface area contributed by atoms with E-state index in [9.17, 15) is 18.0 Å². The average molecular weight is 635 g/mol. The summed E-state index contributed by atoms with van der Waals surface area (Å²) < 4.78 is 34.4. The van der Waals surface area contributed by atoms with Gasteiger partial charge in [0.1, 0.15) is 18.3 Å². The first-order valence-corrected chi connectivity index (χ1v) is 15.8. The third-order valence-corrected chi connectivity index (χ3v) is 9.19. The highest BCUT2D eigenvalue weighted by Gasteiger charge is 2.34. The van der Waals surface area contributed by atoms with Gasteiger partial charge in [0.2, 0.25) is 11.8 Å². The van der Waals surface area contributed by atoms with Crippen LogP contribution < -0.4 is 14.4 Å². The highest BCUT2D eigenvalue weighted by atomic mass is 35.5. The fourth-order valence-corrected chi connectivity index (χ4v) is 6.25. The van der Waals surface area contributed by atoms with Gasteiger partial charge in [0.25, 0.3) is 10.0 Å². The van der Waals surface area contributed by atoms with Crippen molar-refractivity contribution in [2.24, 2.45) is 5.92 Å². The number of sulfonamides is 1. The molecule has 0 fully saturated rings. The number of ether oxygens (including phenoxy) is 1. The summed E-state index contributed by atoms with van der Waals surface area (Å²) >= 11 is 12.9. The van der Waals surface area contributed by atoms with Gasteiger partial charge in [-0.15, -0.1) is 0 Å². The van der Waals surface area contributed by atoms with Crippen LogP contribution in [-0.2, 0) is 26.2 Å². The zero-order valence-electron chi connectivity index (χ0n) is 24.4. The molecule has 0 heterocycles. The molecule has 0 saturated carbocycles. The normalized spacial score (nSPS) is 12.1. The fourth-order valence-electron chi connectivity index (χ4n) is 4.33. The summed E-state index contributed by atoms with van der Waals surface area (Å²) in [6.07, 6.45) is 0.279. The summed E-state index contributed by atoms with van der Waals surface area (Å²) in [5.41, 5.74) is 1.58. The van der Waals surface area contributed by atoms with E-state index in [-0.39, 0.29) is 35.4 Å². The highest BCUT2D eigenvalue weighted by Crippen LogP contribution is 2.30. The predicted molar refractivity (Wildman–Crippen MR) is 168 cm³/mol. The number of amides is 2. The van der Waals surface area contributed by atoms with Gasteiger partial charge in [-0.2, -0.15) is 0 Å². The zero-order valence-corrected chi connectivity index (χ0v) is 26.8. The van der Waals surface area contributed by atoms with E-state index in [4.69, 9.17) is 27.9 Å². The van der Waals surface area contributed by atoms with Crippen LogP contribution in [0.4, 0.5) is 5.69 Å². The molecule has 2 amide bonds. The van der Waals surface area contributed by atoms with Crippen LogP contribution in [-0.4, -0.2) is 51.4 Å². The second kappa shape index (κ2) is 14.8. The van der Waals surface area contributed by atoms with Crippen molar-refractivity contribution >= 4 is 50.7 Å². The molecule has 226 valence electrons. The van der Waals surface area contributed by atoms with Crippen molar-refractivity contribution in [3.8, 4) is 5.75 Å². The van der Waals surface area contributed by atoms with Gasteiger partial charge >= 0.3 is 0 Å². The molecule has 1 N–H and O–H groups in total. The Bertz CT molecular complexity index is 1480. The highest BCUT2D eigenvalue weighted by molar-refractivity contribution is 7.92. The second-order valence-electron chi connectivity index (χ2n) is 10.3. The van der Waals surface area contributed by atoms with E-state index in [1.54, 1.807) is 61.5 Å². The van der Waals surface area contributed by atoms with Crippen LogP contribution in [0, 0.1) is 12.8 Å². The van der Waals surface area contributed by atoms with Crippen LogP contribution >= 0.6 is 23.2 Å². The number of carbonyl (C=O) groups is 2. The summed E-state index contributed by atoms with van der Waals surface area (Å²) in [5.74, 6) is -0.340. The van der Waals surface area contributed by atoms with Gasteiger partial charge < -0.3 is 15.0 Å². The molecule has 3 rings (SSSR count). The van der Waals surface area contributed by atoms with Crippen LogP contribution in [0.25, 0.3) is 0 Å². The number of halogens is 2. The number of carbonyl (C=O) groups excluding carboxylic acids is 2. The van der Waals surface area contributed by atoms with Gasteiger partial charge in [0.15, 0.2) is 0 Å². The van der Waals surface area contributed by atoms with Crippen LogP contribution in [0.15, 0.2) is 71.6 Å². The van der Waals surface area contributed by atoms with E-state index in [0.29, 0.717) is 27.9 Å². The van der Waals surface area contributed by atoms with E-state index >= 15 is 0 Å². The lowest BCUT2D eigenvalue weighted by atomic mass is 10.1. The minimum atomic E-state index is -4.21. The van der Waals surface area contributed by atoms with E-state index < -0.39 is 28.5 Å². The molecule has 0 unspecified atom stereocenters. The Balaban J connectivity index is 2.11. The largest absolute Gasteiger partial charge is 0.497 e. The van der Waals surface area contributed by atoms with Crippen molar-refractivity contribution in [2.75, 3.05) is 24.5 Å². The fraction of sp³-hybridized carbons (Fsp3) is 0.355. The van der Waals surface area contributed by atoms with E-state index in [2.05, 4.69) is 5.32 Å². The average Bonchev–Trinajstić information content (AvgIpc) is 2.96. The van der Waals surface area contributed by atoms with Gasteiger partial charge in [-0.25, -0.2) is 8.42 Å². The number of benzene rings is 3. The standard InChI is InChI=1S/C31H37Cl2N3O5S/c1-6-29(31(38)34-18-21(2)3)35(19-26-27(32)11-8-12-28(26)33)30(37)20-36(23-9-7-10-24(17-23)41-5)42(39,40)25-15-13-22(4)14-16-25/h7-17,21,29H,6,18-20H2,1-5H3,(H,34,38)/t29-/m1/s1. The smallest absolute Gasteiger partial charge is 0.264 e.